The summed E-state index contributed by atoms with van der Waals surface area (Å²) in [7, 11) is 0. The van der Waals surface area contributed by atoms with E-state index in [-0.39, 0.29) is 0 Å². The fraction of sp³-hybridized carbons (Fsp3) is 1.00. The van der Waals surface area contributed by atoms with Gasteiger partial charge in [-0.2, -0.15) is 0 Å². The van der Waals surface area contributed by atoms with Crippen LogP contribution in [0.3, 0.4) is 0 Å². The zero-order chi connectivity index (χ0) is 15.1. The van der Waals surface area contributed by atoms with Crippen LogP contribution in [0.4, 0.5) is 0 Å². The second-order valence-corrected chi connectivity index (χ2v) is 7.12. The lowest BCUT2D eigenvalue weighted by atomic mass is 9.93. The number of ether oxygens (including phenoxy) is 1. The number of nitrogens with one attached hydrogen (secondary N) is 1. The van der Waals surface area contributed by atoms with Crippen molar-refractivity contribution in [3.05, 3.63) is 0 Å². The zero-order valence-corrected chi connectivity index (χ0v) is 14.4. The summed E-state index contributed by atoms with van der Waals surface area (Å²) in [5, 5.41) is 3.78. The fourth-order valence-corrected chi connectivity index (χ4v) is 3.93. The fourth-order valence-electron chi connectivity index (χ4n) is 3.93. The average molecular weight is 296 g/mol. The van der Waals surface area contributed by atoms with Crippen LogP contribution in [0.1, 0.15) is 65.7 Å². The molecule has 4 atom stereocenters. The number of hydrogen-bond donors (Lipinski definition) is 1. The summed E-state index contributed by atoms with van der Waals surface area (Å²) < 4.78 is 5.77. The molecular weight excluding hydrogens is 260 g/mol. The van der Waals surface area contributed by atoms with Gasteiger partial charge in [-0.1, -0.05) is 33.6 Å². The van der Waals surface area contributed by atoms with Crippen LogP contribution in [0.15, 0.2) is 0 Å². The van der Waals surface area contributed by atoms with E-state index in [2.05, 4.69) is 31.0 Å². The monoisotopic (exact) mass is 296 g/mol. The molecule has 2 aliphatic rings. The summed E-state index contributed by atoms with van der Waals surface area (Å²) in [5.74, 6) is 0.794. The highest BCUT2D eigenvalue weighted by Gasteiger charge is 2.30. The van der Waals surface area contributed by atoms with Gasteiger partial charge in [0.2, 0.25) is 0 Å². The van der Waals surface area contributed by atoms with E-state index in [9.17, 15) is 0 Å². The van der Waals surface area contributed by atoms with Gasteiger partial charge in [-0.05, 0) is 44.6 Å². The van der Waals surface area contributed by atoms with Gasteiger partial charge < -0.3 is 10.1 Å². The molecular formula is C18H36N2O. The highest BCUT2D eigenvalue weighted by molar-refractivity contribution is 4.88. The van der Waals surface area contributed by atoms with Crippen LogP contribution in [0.5, 0.6) is 0 Å². The van der Waals surface area contributed by atoms with Crippen LogP contribution >= 0.6 is 0 Å². The summed E-state index contributed by atoms with van der Waals surface area (Å²) >= 11 is 0. The number of rotatable bonds is 8. The molecule has 0 aliphatic carbocycles. The molecule has 3 nitrogen and oxygen atoms in total. The Hall–Kier alpha value is -0.120. The molecule has 0 radical (unpaired) electrons. The molecule has 0 aromatic heterocycles. The minimum atomic E-state index is 0.557. The van der Waals surface area contributed by atoms with Gasteiger partial charge in [-0.25, -0.2) is 0 Å². The van der Waals surface area contributed by atoms with Crippen LogP contribution < -0.4 is 5.32 Å². The third-order valence-corrected chi connectivity index (χ3v) is 5.47. The van der Waals surface area contributed by atoms with Crippen LogP contribution in [-0.2, 0) is 4.74 Å². The Labute approximate surface area is 131 Å². The minimum absolute atomic E-state index is 0.557. The van der Waals surface area contributed by atoms with Crippen molar-refractivity contribution in [2.45, 2.75) is 83.9 Å². The molecule has 3 heteroatoms. The second-order valence-electron chi connectivity index (χ2n) is 7.12. The van der Waals surface area contributed by atoms with Gasteiger partial charge in [0.1, 0.15) is 0 Å². The van der Waals surface area contributed by atoms with Gasteiger partial charge in [0.25, 0.3) is 0 Å². The molecule has 0 saturated carbocycles. The number of hydrogen-bond acceptors (Lipinski definition) is 3. The molecule has 0 spiro atoms. The van der Waals surface area contributed by atoms with Crippen molar-refractivity contribution >= 4 is 0 Å². The molecule has 0 aromatic carbocycles. The van der Waals surface area contributed by atoms with Crippen LogP contribution in [-0.4, -0.2) is 49.3 Å². The Bertz CT molecular complexity index is 278. The highest BCUT2D eigenvalue weighted by Crippen LogP contribution is 2.22. The summed E-state index contributed by atoms with van der Waals surface area (Å²) in [6, 6.07) is 1.44. The molecule has 1 N–H and O–H groups in total. The number of nitrogens with zero attached hydrogens (tertiary/aromatic N) is 1. The smallest absolute Gasteiger partial charge is 0.0576 e. The molecule has 0 aromatic rings. The van der Waals surface area contributed by atoms with Crippen molar-refractivity contribution in [3.8, 4) is 0 Å². The predicted octanol–water partition coefficient (Wildman–Crippen LogP) is 3.43. The summed E-state index contributed by atoms with van der Waals surface area (Å²) in [6.45, 7) is 11.7. The number of piperazine rings is 1. The first-order valence-corrected chi connectivity index (χ1v) is 9.33. The van der Waals surface area contributed by atoms with Crippen LogP contribution in [0.25, 0.3) is 0 Å². The average Bonchev–Trinajstić information content (AvgIpc) is 3.00. The highest BCUT2D eigenvalue weighted by atomic mass is 16.5. The first-order chi connectivity index (χ1) is 10.2. The molecule has 4 unspecified atom stereocenters. The topological polar surface area (TPSA) is 24.5 Å². The quantitative estimate of drug-likeness (QED) is 0.742. The Morgan fingerprint density at radius 2 is 2.14 bits per heavy atom. The maximum absolute atomic E-state index is 5.77. The molecule has 2 aliphatic heterocycles. The van der Waals surface area contributed by atoms with Crippen LogP contribution in [0.2, 0.25) is 0 Å². The molecule has 21 heavy (non-hydrogen) atoms. The molecule has 124 valence electrons. The van der Waals surface area contributed by atoms with E-state index in [4.69, 9.17) is 4.74 Å². The third kappa shape index (κ3) is 5.22. The van der Waals surface area contributed by atoms with E-state index in [1.54, 1.807) is 0 Å². The van der Waals surface area contributed by atoms with E-state index < -0.39 is 0 Å². The second kappa shape index (κ2) is 9.12. The van der Waals surface area contributed by atoms with Crippen molar-refractivity contribution < 1.29 is 4.74 Å². The maximum atomic E-state index is 5.77. The lowest BCUT2D eigenvalue weighted by molar-refractivity contribution is 0.0714. The summed E-state index contributed by atoms with van der Waals surface area (Å²) in [5.41, 5.74) is 0. The van der Waals surface area contributed by atoms with E-state index in [0.29, 0.717) is 12.1 Å². The molecule has 0 bridgehead atoms. The third-order valence-electron chi connectivity index (χ3n) is 5.47. The Morgan fingerprint density at radius 1 is 1.29 bits per heavy atom. The van der Waals surface area contributed by atoms with Crippen molar-refractivity contribution in [1.82, 2.24) is 10.2 Å². The lowest BCUT2D eigenvalue weighted by Gasteiger charge is -2.43. The largest absolute Gasteiger partial charge is 0.378 e. The minimum Gasteiger partial charge on any atom is -0.378 e. The SMILES string of the molecule is CCCC1CN(CCCC2CCCO2)C(C(C)CC)CN1. The van der Waals surface area contributed by atoms with Crippen molar-refractivity contribution in [1.29, 1.82) is 0 Å². The Morgan fingerprint density at radius 3 is 2.81 bits per heavy atom. The van der Waals surface area contributed by atoms with Gasteiger partial charge in [0.15, 0.2) is 0 Å². The zero-order valence-electron chi connectivity index (χ0n) is 14.4. The van der Waals surface area contributed by atoms with E-state index in [0.717, 1.165) is 18.6 Å². The van der Waals surface area contributed by atoms with E-state index in [1.165, 1.54) is 64.6 Å². The van der Waals surface area contributed by atoms with Crippen molar-refractivity contribution in [3.63, 3.8) is 0 Å². The maximum Gasteiger partial charge on any atom is 0.0576 e. The molecule has 2 fully saturated rings. The predicted molar refractivity (Wildman–Crippen MR) is 89.7 cm³/mol. The van der Waals surface area contributed by atoms with Crippen molar-refractivity contribution in [2.24, 2.45) is 5.92 Å². The summed E-state index contributed by atoms with van der Waals surface area (Å²) in [4.78, 5) is 2.78. The van der Waals surface area contributed by atoms with Gasteiger partial charge in [0.05, 0.1) is 6.10 Å². The van der Waals surface area contributed by atoms with Crippen molar-refractivity contribution in [2.75, 3.05) is 26.2 Å². The summed E-state index contributed by atoms with van der Waals surface area (Å²) in [6.07, 6.45) is 9.56. The van der Waals surface area contributed by atoms with Gasteiger partial charge in [0, 0.05) is 31.8 Å². The first-order valence-electron chi connectivity index (χ1n) is 9.33. The Kier molecular flexibility index (Phi) is 7.48. The molecule has 0 amide bonds. The molecule has 2 rings (SSSR count). The normalized spacial score (nSPS) is 32.4. The van der Waals surface area contributed by atoms with Gasteiger partial charge >= 0.3 is 0 Å². The van der Waals surface area contributed by atoms with Gasteiger partial charge in [-0.15, -0.1) is 0 Å². The van der Waals surface area contributed by atoms with E-state index >= 15 is 0 Å². The first kappa shape index (κ1) is 17.2. The lowest BCUT2D eigenvalue weighted by Crippen LogP contribution is -2.58. The van der Waals surface area contributed by atoms with Crippen LogP contribution in [0, 0.1) is 5.92 Å². The Balaban J connectivity index is 1.80. The molecule has 2 heterocycles. The molecule has 2 saturated heterocycles. The van der Waals surface area contributed by atoms with Gasteiger partial charge in [-0.3, -0.25) is 4.90 Å². The standard InChI is InChI=1S/C18H36N2O/c1-4-8-16-14-20(18(13-19-16)15(3)5-2)11-6-9-17-10-7-12-21-17/h15-19H,4-14H2,1-3H3. The van der Waals surface area contributed by atoms with E-state index in [1.807, 2.05) is 0 Å².